The number of benzene rings is 2. The van der Waals surface area contributed by atoms with E-state index < -0.39 is 0 Å². The Kier molecular flexibility index (Phi) is 7.06. The van der Waals surface area contributed by atoms with Crippen molar-refractivity contribution in [3.8, 4) is 28.5 Å². The molecule has 1 amide bonds. The lowest BCUT2D eigenvalue weighted by atomic mass is 10.1. The van der Waals surface area contributed by atoms with Crippen LogP contribution in [0, 0.1) is 6.92 Å². The molecule has 0 radical (unpaired) electrons. The van der Waals surface area contributed by atoms with E-state index in [0.717, 1.165) is 28.3 Å². The maximum absolute atomic E-state index is 12.6. The van der Waals surface area contributed by atoms with Crippen LogP contribution in [0.4, 0.5) is 0 Å². The molecule has 3 aromatic rings. The number of carbonyl (C=O) groups is 2. The van der Waals surface area contributed by atoms with Crippen LogP contribution in [0.3, 0.4) is 0 Å². The molecule has 0 bridgehead atoms. The molecule has 34 heavy (non-hydrogen) atoms. The lowest BCUT2D eigenvalue weighted by Gasteiger charge is -2.13. The highest BCUT2D eigenvalue weighted by Gasteiger charge is 2.20. The van der Waals surface area contributed by atoms with Gasteiger partial charge in [0.05, 0.1) is 19.3 Å². The summed E-state index contributed by atoms with van der Waals surface area (Å²) < 4.78 is 23.2. The third-order valence-corrected chi connectivity index (χ3v) is 5.74. The summed E-state index contributed by atoms with van der Waals surface area (Å²) in [4.78, 5) is 25.1. The normalized spacial score (nSPS) is 11.9. The van der Waals surface area contributed by atoms with Crippen LogP contribution in [0.5, 0.6) is 17.2 Å². The van der Waals surface area contributed by atoms with Gasteiger partial charge in [0.15, 0.2) is 11.5 Å². The number of ether oxygens (including phenoxy) is 4. The average molecular weight is 465 g/mol. The minimum Gasteiger partial charge on any atom is -0.497 e. The van der Waals surface area contributed by atoms with E-state index in [0.29, 0.717) is 36.8 Å². The molecule has 0 fully saturated rings. The number of hydrogen-bond donors (Lipinski definition) is 1. The van der Waals surface area contributed by atoms with E-state index in [9.17, 15) is 9.59 Å². The molecular formula is C26H28N2O6. The van der Waals surface area contributed by atoms with Crippen molar-refractivity contribution >= 4 is 11.9 Å². The van der Waals surface area contributed by atoms with Gasteiger partial charge < -0.3 is 28.8 Å². The van der Waals surface area contributed by atoms with Gasteiger partial charge >= 0.3 is 5.97 Å². The van der Waals surface area contributed by atoms with Crippen LogP contribution in [0.2, 0.25) is 0 Å². The average Bonchev–Trinajstić information content (AvgIpc) is 3.45. The van der Waals surface area contributed by atoms with Crippen molar-refractivity contribution in [1.82, 2.24) is 9.88 Å². The topological polar surface area (TPSA) is 88.0 Å². The summed E-state index contributed by atoms with van der Waals surface area (Å²) >= 11 is 0. The number of hydrogen-bond acceptors (Lipinski definition) is 6. The Bertz CT molecular complexity index is 1180. The molecule has 0 unspecified atom stereocenters. The van der Waals surface area contributed by atoms with Gasteiger partial charge in [-0.3, -0.25) is 4.79 Å². The molecule has 4 rings (SSSR count). The smallest absolute Gasteiger partial charge is 0.339 e. The number of fused-ring (bicyclic) bond motifs is 1. The second-order valence-electron chi connectivity index (χ2n) is 7.84. The predicted octanol–water partition coefficient (Wildman–Crippen LogP) is 4.08. The molecule has 0 aliphatic carbocycles. The molecule has 0 saturated heterocycles. The second kappa shape index (κ2) is 10.3. The fourth-order valence-corrected chi connectivity index (χ4v) is 3.90. The molecule has 0 spiro atoms. The minimum atomic E-state index is -0.374. The van der Waals surface area contributed by atoms with Crippen molar-refractivity contribution in [3.63, 3.8) is 0 Å². The third-order valence-electron chi connectivity index (χ3n) is 5.74. The molecule has 0 saturated carbocycles. The number of methoxy groups -OCH3 is 1. The SMILES string of the molecule is CCOC(=O)c1cc(-c2ccc(OC)cc2)n(CCC(=O)NCc2ccc3c(c2)OCO3)c1C. The van der Waals surface area contributed by atoms with Crippen LogP contribution < -0.4 is 19.5 Å². The summed E-state index contributed by atoms with van der Waals surface area (Å²) in [5.41, 5.74) is 3.94. The first-order valence-corrected chi connectivity index (χ1v) is 11.2. The van der Waals surface area contributed by atoms with Gasteiger partial charge in [-0.2, -0.15) is 0 Å². The number of carbonyl (C=O) groups excluding carboxylic acids is 2. The minimum absolute atomic E-state index is 0.0934. The van der Waals surface area contributed by atoms with Crippen molar-refractivity contribution in [1.29, 1.82) is 0 Å². The fourth-order valence-electron chi connectivity index (χ4n) is 3.90. The van der Waals surface area contributed by atoms with Crippen molar-refractivity contribution in [2.45, 2.75) is 33.4 Å². The van der Waals surface area contributed by atoms with E-state index in [1.807, 2.05) is 60.0 Å². The Morgan fingerprint density at radius 3 is 2.56 bits per heavy atom. The first-order chi connectivity index (χ1) is 16.5. The van der Waals surface area contributed by atoms with Crippen molar-refractivity contribution < 1.29 is 28.5 Å². The third kappa shape index (κ3) is 5.01. The molecular weight excluding hydrogens is 436 g/mol. The molecule has 178 valence electrons. The number of aromatic nitrogens is 1. The fraction of sp³-hybridized carbons (Fsp3) is 0.308. The molecule has 1 aliphatic rings. The van der Waals surface area contributed by atoms with Crippen LogP contribution >= 0.6 is 0 Å². The zero-order valence-electron chi connectivity index (χ0n) is 19.6. The van der Waals surface area contributed by atoms with E-state index in [2.05, 4.69) is 5.32 Å². The van der Waals surface area contributed by atoms with Gasteiger partial charge in [-0.1, -0.05) is 6.07 Å². The lowest BCUT2D eigenvalue weighted by molar-refractivity contribution is -0.121. The predicted molar refractivity (Wildman–Crippen MR) is 126 cm³/mol. The number of esters is 1. The quantitative estimate of drug-likeness (QED) is 0.480. The monoisotopic (exact) mass is 464 g/mol. The largest absolute Gasteiger partial charge is 0.497 e. The zero-order valence-corrected chi connectivity index (χ0v) is 19.6. The van der Waals surface area contributed by atoms with Gasteiger partial charge in [0.2, 0.25) is 12.7 Å². The molecule has 0 atom stereocenters. The van der Waals surface area contributed by atoms with E-state index in [-0.39, 0.29) is 25.1 Å². The van der Waals surface area contributed by atoms with E-state index in [4.69, 9.17) is 18.9 Å². The van der Waals surface area contributed by atoms with Crippen molar-refractivity contribution in [3.05, 3.63) is 65.4 Å². The number of nitrogens with zero attached hydrogens (tertiary/aromatic N) is 1. The maximum atomic E-state index is 12.6. The summed E-state index contributed by atoms with van der Waals surface area (Å²) in [6.07, 6.45) is 0.255. The van der Waals surface area contributed by atoms with Gasteiger partial charge in [0, 0.05) is 30.9 Å². The summed E-state index contributed by atoms with van der Waals surface area (Å²) in [5.74, 6) is 1.67. The zero-order chi connectivity index (χ0) is 24.1. The van der Waals surface area contributed by atoms with Crippen LogP contribution in [0.15, 0.2) is 48.5 Å². The molecule has 1 aliphatic heterocycles. The first-order valence-electron chi connectivity index (χ1n) is 11.2. The number of nitrogens with one attached hydrogen (secondary N) is 1. The Hall–Kier alpha value is -3.94. The maximum Gasteiger partial charge on any atom is 0.339 e. The molecule has 1 N–H and O–H groups in total. The number of amides is 1. The first kappa shape index (κ1) is 23.2. The molecule has 8 heteroatoms. The summed E-state index contributed by atoms with van der Waals surface area (Å²) in [6, 6.07) is 15.0. The van der Waals surface area contributed by atoms with Crippen molar-refractivity contribution in [2.75, 3.05) is 20.5 Å². The van der Waals surface area contributed by atoms with E-state index in [1.165, 1.54) is 0 Å². The Morgan fingerprint density at radius 1 is 1.06 bits per heavy atom. The summed E-state index contributed by atoms with van der Waals surface area (Å²) in [5, 5.41) is 2.95. The van der Waals surface area contributed by atoms with Crippen molar-refractivity contribution in [2.24, 2.45) is 0 Å². The summed E-state index contributed by atoms with van der Waals surface area (Å²) in [7, 11) is 1.61. The summed E-state index contributed by atoms with van der Waals surface area (Å²) in [6.45, 7) is 4.96. The molecule has 2 heterocycles. The van der Waals surface area contributed by atoms with Gasteiger partial charge in [0.1, 0.15) is 5.75 Å². The Labute approximate surface area is 198 Å². The Balaban J connectivity index is 1.48. The van der Waals surface area contributed by atoms with Crippen LogP contribution in [0.1, 0.15) is 35.0 Å². The Morgan fingerprint density at radius 2 is 1.82 bits per heavy atom. The van der Waals surface area contributed by atoms with Crippen LogP contribution in [-0.2, 0) is 22.6 Å². The van der Waals surface area contributed by atoms with Crippen LogP contribution in [-0.4, -0.2) is 37.0 Å². The standard InChI is InChI=1S/C26H28N2O6/c1-4-32-26(30)21-14-22(19-6-8-20(31-3)9-7-19)28(17(21)2)12-11-25(29)27-15-18-5-10-23-24(13-18)34-16-33-23/h5-10,13-14H,4,11-12,15-16H2,1-3H3,(H,27,29). The lowest BCUT2D eigenvalue weighted by Crippen LogP contribution is -2.24. The molecule has 1 aromatic heterocycles. The van der Waals surface area contributed by atoms with Gasteiger partial charge in [-0.05, 0) is 67.4 Å². The molecule has 8 nitrogen and oxygen atoms in total. The van der Waals surface area contributed by atoms with Gasteiger partial charge in [0.25, 0.3) is 0 Å². The highest BCUT2D eigenvalue weighted by Crippen LogP contribution is 2.32. The van der Waals surface area contributed by atoms with Gasteiger partial charge in [-0.15, -0.1) is 0 Å². The van der Waals surface area contributed by atoms with E-state index >= 15 is 0 Å². The molecule has 2 aromatic carbocycles. The number of rotatable bonds is 9. The highest BCUT2D eigenvalue weighted by molar-refractivity contribution is 5.92. The highest BCUT2D eigenvalue weighted by atomic mass is 16.7. The second-order valence-corrected chi connectivity index (χ2v) is 7.84. The van der Waals surface area contributed by atoms with E-state index in [1.54, 1.807) is 14.0 Å². The van der Waals surface area contributed by atoms with Crippen LogP contribution in [0.25, 0.3) is 11.3 Å². The van der Waals surface area contributed by atoms with Gasteiger partial charge in [-0.25, -0.2) is 4.79 Å².